The highest BCUT2D eigenvalue weighted by Crippen LogP contribution is 2.22. The molecule has 1 aliphatic heterocycles. The van der Waals surface area contributed by atoms with Gasteiger partial charge in [-0.1, -0.05) is 5.16 Å². The van der Waals surface area contributed by atoms with Gasteiger partial charge < -0.3 is 14.5 Å². The standard InChI is InChI=1S/C20H25N5O3/c1-14-18(15(2)28-22-14)12-23-5-7-24(8-6-23)16-3-4-17-19(11-16)21-13-25(9-10-26)20(17)27/h3-4,11,13,26H,5-10,12H2,1-2H3. The van der Waals surface area contributed by atoms with E-state index >= 15 is 0 Å². The summed E-state index contributed by atoms with van der Waals surface area (Å²) in [5.74, 6) is 0.896. The zero-order valence-corrected chi connectivity index (χ0v) is 16.3. The Morgan fingerprint density at radius 1 is 1.18 bits per heavy atom. The van der Waals surface area contributed by atoms with E-state index in [1.54, 1.807) is 0 Å². The highest BCUT2D eigenvalue weighted by atomic mass is 16.5. The molecule has 0 radical (unpaired) electrons. The lowest BCUT2D eigenvalue weighted by Crippen LogP contribution is -2.46. The molecule has 0 aliphatic carbocycles. The van der Waals surface area contributed by atoms with Gasteiger partial charge in [0.25, 0.3) is 5.56 Å². The zero-order valence-electron chi connectivity index (χ0n) is 16.3. The van der Waals surface area contributed by atoms with Crippen molar-refractivity contribution in [2.45, 2.75) is 26.9 Å². The Hall–Kier alpha value is -2.71. The number of aliphatic hydroxyl groups is 1. The van der Waals surface area contributed by atoms with Gasteiger partial charge in [0.2, 0.25) is 0 Å². The number of piperazine rings is 1. The van der Waals surface area contributed by atoms with Crippen molar-refractivity contribution in [2.24, 2.45) is 0 Å². The van der Waals surface area contributed by atoms with Crippen molar-refractivity contribution in [3.8, 4) is 0 Å². The molecule has 0 unspecified atom stereocenters. The van der Waals surface area contributed by atoms with Crippen LogP contribution < -0.4 is 10.5 Å². The first-order chi connectivity index (χ1) is 13.6. The van der Waals surface area contributed by atoms with Crippen molar-refractivity contribution in [1.29, 1.82) is 0 Å². The zero-order chi connectivity index (χ0) is 19.7. The third-order valence-corrected chi connectivity index (χ3v) is 5.45. The van der Waals surface area contributed by atoms with Crippen LogP contribution in [0.4, 0.5) is 5.69 Å². The highest BCUT2D eigenvalue weighted by Gasteiger charge is 2.20. The molecule has 8 heteroatoms. The van der Waals surface area contributed by atoms with Gasteiger partial charge in [0.15, 0.2) is 0 Å². The molecule has 3 heterocycles. The minimum atomic E-state index is -0.116. The Bertz CT molecular complexity index is 1010. The van der Waals surface area contributed by atoms with E-state index in [4.69, 9.17) is 9.63 Å². The van der Waals surface area contributed by atoms with Gasteiger partial charge in [-0.3, -0.25) is 14.3 Å². The van der Waals surface area contributed by atoms with Crippen LogP contribution in [0.25, 0.3) is 10.9 Å². The summed E-state index contributed by atoms with van der Waals surface area (Å²) < 4.78 is 6.71. The fourth-order valence-electron chi connectivity index (χ4n) is 3.73. The molecule has 0 atom stereocenters. The second-order valence-electron chi connectivity index (χ2n) is 7.23. The van der Waals surface area contributed by atoms with Crippen LogP contribution in [0, 0.1) is 13.8 Å². The van der Waals surface area contributed by atoms with Crippen LogP contribution in [0.15, 0.2) is 33.8 Å². The summed E-state index contributed by atoms with van der Waals surface area (Å²) in [6.45, 7) is 8.72. The van der Waals surface area contributed by atoms with Crippen molar-refractivity contribution < 1.29 is 9.63 Å². The number of aromatic nitrogens is 3. The molecule has 0 spiro atoms. The van der Waals surface area contributed by atoms with E-state index in [9.17, 15) is 4.79 Å². The summed E-state index contributed by atoms with van der Waals surface area (Å²) in [6, 6.07) is 5.80. The molecule has 0 bridgehead atoms. The first-order valence-electron chi connectivity index (χ1n) is 9.56. The molecular weight excluding hydrogens is 358 g/mol. The molecule has 0 saturated carbocycles. The Balaban J connectivity index is 1.46. The summed E-state index contributed by atoms with van der Waals surface area (Å²) in [6.07, 6.45) is 1.51. The molecule has 1 fully saturated rings. The number of fused-ring (bicyclic) bond motifs is 1. The second kappa shape index (κ2) is 7.73. The molecule has 8 nitrogen and oxygen atoms in total. The Labute approximate surface area is 163 Å². The minimum absolute atomic E-state index is 0.0800. The van der Waals surface area contributed by atoms with E-state index in [1.165, 1.54) is 16.5 Å². The molecule has 148 valence electrons. The van der Waals surface area contributed by atoms with Crippen molar-refractivity contribution >= 4 is 16.6 Å². The van der Waals surface area contributed by atoms with Crippen molar-refractivity contribution in [1.82, 2.24) is 19.6 Å². The maximum atomic E-state index is 12.4. The van der Waals surface area contributed by atoms with Gasteiger partial charge >= 0.3 is 0 Å². The number of aliphatic hydroxyl groups excluding tert-OH is 1. The average Bonchev–Trinajstić information content (AvgIpc) is 3.02. The van der Waals surface area contributed by atoms with Crippen LogP contribution in [0.5, 0.6) is 0 Å². The van der Waals surface area contributed by atoms with E-state index in [2.05, 4.69) is 19.9 Å². The largest absolute Gasteiger partial charge is 0.395 e. The van der Waals surface area contributed by atoms with E-state index in [-0.39, 0.29) is 18.7 Å². The SMILES string of the molecule is Cc1noc(C)c1CN1CCN(c2ccc3c(=O)n(CCO)cnc3c2)CC1. The number of nitrogens with zero attached hydrogens (tertiary/aromatic N) is 5. The summed E-state index contributed by atoms with van der Waals surface area (Å²) in [4.78, 5) is 21.6. The van der Waals surface area contributed by atoms with Crippen molar-refractivity contribution in [2.75, 3.05) is 37.7 Å². The van der Waals surface area contributed by atoms with Crippen molar-refractivity contribution in [3.05, 3.63) is 51.9 Å². The van der Waals surface area contributed by atoms with Crippen LogP contribution in [0.1, 0.15) is 17.0 Å². The monoisotopic (exact) mass is 383 g/mol. The fourth-order valence-corrected chi connectivity index (χ4v) is 3.73. The fraction of sp³-hybridized carbons (Fsp3) is 0.450. The van der Waals surface area contributed by atoms with E-state index in [0.717, 1.165) is 49.9 Å². The van der Waals surface area contributed by atoms with Gasteiger partial charge in [0.1, 0.15) is 5.76 Å². The van der Waals surface area contributed by atoms with Crippen LogP contribution in [0.2, 0.25) is 0 Å². The van der Waals surface area contributed by atoms with Crippen molar-refractivity contribution in [3.63, 3.8) is 0 Å². The van der Waals surface area contributed by atoms with Gasteiger partial charge in [-0.25, -0.2) is 4.98 Å². The molecule has 28 heavy (non-hydrogen) atoms. The molecule has 4 rings (SSSR count). The number of rotatable bonds is 5. The van der Waals surface area contributed by atoms with Gasteiger partial charge in [-0.15, -0.1) is 0 Å². The lowest BCUT2D eigenvalue weighted by Gasteiger charge is -2.36. The lowest BCUT2D eigenvalue weighted by atomic mass is 10.1. The summed E-state index contributed by atoms with van der Waals surface area (Å²) in [7, 11) is 0. The van der Waals surface area contributed by atoms with Gasteiger partial charge in [0.05, 0.1) is 36.1 Å². The molecular formula is C20H25N5O3. The topological polar surface area (TPSA) is 87.6 Å². The molecule has 1 aliphatic rings. The molecule has 0 amide bonds. The summed E-state index contributed by atoms with van der Waals surface area (Å²) >= 11 is 0. The van der Waals surface area contributed by atoms with Crippen LogP contribution in [-0.4, -0.2) is 57.5 Å². The van der Waals surface area contributed by atoms with Gasteiger partial charge in [0, 0.05) is 44.0 Å². The first-order valence-corrected chi connectivity index (χ1v) is 9.56. The maximum Gasteiger partial charge on any atom is 0.261 e. The quantitative estimate of drug-likeness (QED) is 0.711. The normalized spacial score (nSPS) is 15.5. The van der Waals surface area contributed by atoms with E-state index in [0.29, 0.717) is 10.9 Å². The van der Waals surface area contributed by atoms with Crippen LogP contribution in [-0.2, 0) is 13.1 Å². The van der Waals surface area contributed by atoms with Crippen LogP contribution in [0.3, 0.4) is 0 Å². The third-order valence-electron chi connectivity index (χ3n) is 5.45. The molecule has 1 saturated heterocycles. The average molecular weight is 383 g/mol. The number of anilines is 1. The number of hydrogen-bond donors (Lipinski definition) is 1. The van der Waals surface area contributed by atoms with E-state index < -0.39 is 0 Å². The number of aryl methyl sites for hydroxylation is 2. The summed E-state index contributed by atoms with van der Waals surface area (Å²) in [5, 5.41) is 13.7. The Kier molecular flexibility index (Phi) is 5.15. The van der Waals surface area contributed by atoms with Crippen LogP contribution >= 0.6 is 0 Å². The Morgan fingerprint density at radius 2 is 1.96 bits per heavy atom. The molecule has 1 aromatic carbocycles. The summed E-state index contributed by atoms with van der Waals surface area (Å²) in [5.41, 5.74) is 3.80. The minimum Gasteiger partial charge on any atom is -0.395 e. The number of hydrogen-bond acceptors (Lipinski definition) is 7. The van der Waals surface area contributed by atoms with E-state index in [1.807, 2.05) is 32.0 Å². The smallest absolute Gasteiger partial charge is 0.261 e. The maximum absolute atomic E-state index is 12.4. The first kappa shape index (κ1) is 18.6. The molecule has 3 aromatic rings. The third kappa shape index (κ3) is 3.53. The molecule has 2 aromatic heterocycles. The number of benzene rings is 1. The predicted molar refractivity (Wildman–Crippen MR) is 107 cm³/mol. The lowest BCUT2D eigenvalue weighted by molar-refractivity contribution is 0.248. The second-order valence-corrected chi connectivity index (χ2v) is 7.23. The van der Waals surface area contributed by atoms with Gasteiger partial charge in [-0.2, -0.15) is 0 Å². The Morgan fingerprint density at radius 3 is 2.64 bits per heavy atom. The van der Waals surface area contributed by atoms with Gasteiger partial charge in [-0.05, 0) is 32.0 Å². The highest BCUT2D eigenvalue weighted by molar-refractivity contribution is 5.81. The predicted octanol–water partition coefficient (Wildman–Crippen LogP) is 1.32. The molecule has 1 N–H and O–H groups in total.